The molecule has 0 aliphatic carbocycles. The van der Waals surface area contributed by atoms with E-state index in [-0.39, 0.29) is 0 Å². The number of rotatable bonds is 3. The fraction of sp³-hybridized carbons (Fsp3) is 0.312. The van der Waals surface area contributed by atoms with Crippen molar-refractivity contribution in [2.24, 2.45) is 0 Å². The van der Waals surface area contributed by atoms with E-state index in [2.05, 4.69) is 40.2 Å². The largest absolute Gasteiger partial charge is 0.379 e. The molecule has 19 heavy (non-hydrogen) atoms. The Kier molecular flexibility index (Phi) is 3.86. The van der Waals surface area contributed by atoms with Crippen LogP contribution in [0.15, 0.2) is 42.7 Å². The molecular weight excluding hydrogens is 236 g/mol. The highest BCUT2D eigenvalue weighted by atomic mass is 16.5. The Morgan fingerprint density at radius 2 is 1.89 bits per heavy atom. The summed E-state index contributed by atoms with van der Waals surface area (Å²) in [7, 11) is 0. The lowest BCUT2D eigenvalue weighted by Gasteiger charge is -2.26. The molecule has 0 unspecified atom stereocenters. The lowest BCUT2D eigenvalue weighted by molar-refractivity contribution is 0.0342. The molecule has 0 amide bonds. The van der Waals surface area contributed by atoms with Gasteiger partial charge in [0.2, 0.25) is 0 Å². The predicted octanol–water partition coefficient (Wildman–Crippen LogP) is 2.38. The Morgan fingerprint density at radius 1 is 1.11 bits per heavy atom. The van der Waals surface area contributed by atoms with Crippen LogP contribution in [0.5, 0.6) is 0 Å². The van der Waals surface area contributed by atoms with E-state index < -0.39 is 0 Å². The Bertz CT molecular complexity index is 504. The molecule has 3 nitrogen and oxygen atoms in total. The number of benzene rings is 1. The van der Waals surface area contributed by atoms with Gasteiger partial charge in [-0.15, -0.1) is 0 Å². The molecule has 0 spiro atoms. The van der Waals surface area contributed by atoms with Gasteiger partial charge in [-0.3, -0.25) is 9.88 Å². The highest BCUT2D eigenvalue weighted by Gasteiger charge is 2.10. The van der Waals surface area contributed by atoms with Crippen molar-refractivity contribution >= 4 is 0 Å². The zero-order chi connectivity index (χ0) is 12.9. The van der Waals surface area contributed by atoms with Crippen LogP contribution in [0.2, 0.25) is 0 Å². The van der Waals surface area contributed by atoms with Gasteiger partial charge >= 0.3 is 0 Å². The maximum Gasteiger partial charge on any atom is 0.0594 e. The third kappa shape index (κ3) is 3.19. The van der Waals surface area contributed by atoms with Crippen molar-refractivity contribution in [3.05, 3.63) is 54.4 Å². The fourth-order valence-corrected chi connectivity index (χ4v) is 2.30. The summed E-state index contributed by atoms with van der Waals surface area (Å²) in [5.41, 5.74) is 3.65. The zero-order valence-electron chi connectivity index (χ0n) is 10.9. The summed E-state index contributed by atoms with van der Waals surface area (Å²) in [5.74, 6) is 0. The third-order valence-electron chi connectivity index (χ3n) is 3.40. The molecule has 0 saturated carbocycles. The SMILES string of the molecule is [c]1cncc(-c2ccc(CN3CCOCC3)cc2)c1. The van der Waals surface area contributed by atoms with Crippen LogP contribution in [0, 0.1) is 6.07 Å². The minimum atomic E-state index is 0.851. The molecule has 2 aromatic rings. The first-order valence-corrected chi connectivity index (χ1v) is 6.62. The molecule has 1 fully saturated rings. The van der Waals surface area contributed by atoms with Gasteiger partial charge < -0.3 is 4.74 Å². The Morgan fingerprint density at radius 3 is 2.58 bits per heavy atom. The van der Waals surface area contributed by atoms with Gasteiger partial charge in [0.25, 0.3) is 0 Å². The van der Waals surface area contributed by atoms with Crippen molar-refractivity contribution < 1.29 is 4.74 Å². The standard InChI is InChI=1S/C16H17N2O/c1-2-16(12-17-7-1)15-5-3-14(4-6-15)13-18-8-10-19-11-9-18/h2-7,12H,8-11,13H2. The Hall–Kier alpha value is -1.71. The van der Waals surface area contributed by atoms with Crippen molar-refractivity contribution in [1.82, 2.24) is 9.88 Å². The summed E-state index contributed by atoms with van der Waals surface area (Å²) in [4.78, 5) is 6.53. The predicted molar refractivity (Wildman–Crippen MR) is 74.6 cm³/mol. The molecule has 1 aliphatic rings. The molecule has 1 saturated heterocycles. The molecule has 3 heteroatoms. The summed E-state index contributed by atoms with van der Waals surface area (Å²) >= 11 is 0. The van der Waals surface area contributed by atoms with E-state index in [0.717, 1.165) is 38.4 Å². The Balaban J connectivity index is 1.68. The van der Waals surface area contributed by atoms with E-state index >= 15 is 0 Å². The highest BCUT2D eigenvalue weighted by molar-refractivity contribution is 5.62. The smallest absolute Gasteiger partial charge is 0.0594 e. The maximum absolute atomic E-state index is 5.36. The number of ether oxygens (including phenoxy) is 1. The second-order valence-corrected chi connectivity index (χ2v) is 4.76. The van der Waals surface area contributed by atoms with Crippen molar-refractivity contribution in [3.8, 4) is 11.1 Å². The molecule has 1 aliphatic heterocycles. The van der Waals surface area contributed by atoms with E-state index in [1.807, 2.05) is 12.3 Å². The van der Waals surface area contributed by atoms with E-state index in [1.165, 1.54) is 11.1 Å². The van der Waals surface area contributed by atoms with Crippen molar-refractivity contribution in [2.45, 2.75) is 6.54 Å². The number of hydrogen-bond acceptors (Lipinski definition) is 3. The molecule has 1 aromatic carbocycles. The average molecular weight is 253 g/mol. The van der Waals surface area contributed by atoms with Crippen LogP contribution in [0.1, 0.15) is 5.56 Å². The normalized spacial score (nSPS) is 16.4. The molecular formula is C16H17N2O. The lowest BCUT2D eigenvalue weighted by Crippen LogP contribution is -2.35. The van der Waals surface area contributed by atoms with Gasteiger partial charge in [-0.05, 0) is 17.2 Å². The average Bonchev–Trinajstić information content (AvgIpc) is 2.50. The molecule has 0 bridgehead atoms. The zero-order valence-corrected chi connectivity index (χ0v) is 10.9. The minimum absolute atomic E-state index is 0.851. The lowest BCUT2D eigenvalue weighted by atomic mass is 10.1. The van der Waals surface area contributed by atoms with Crippen LogP contribution in [-0.2, 0) is 11.3 Å². The van der Waals surface area contributed by atoms with Crippen LogP contribution < -0.4 is 0 Å². The van der Waals surface area contributed by atoms with Crippen LogP contribution in [-0.4, -0.2) is 36.2 Å². The van der Waals surface area contributed by atoms with Gasteiger partial charge in [0.15, 0.2) is 0 Å². The van der Waals surface area contributed by atoms with Crippen molar-refractivity contribution in [2.75, 3.05) is 26.3 Å². The van der Waals surface area contributed by atoms with Gasteiger partial charge in [-0.2, -0.15) is 0 Å². The topological polar surface area (TPSA) is 25.4 Å². The molecule has 3 rings (SSSR count). The minimum Gasteiger partial charge on any atom is -0.379 e. The monoisotopic (exact) mass is 253 g/mol. The summed E-state index contributed by atoms with van der Waals surface area (Å²) in [5, 5.41) is 0. The molecule has 1 radical (unpaired) electrons. The first-order chi connectivity index (χ1) is 9.42. The first kappa shape index (κ1) is 12.3. The maximum atomic E-state index is 5.36. The quantitative estimate of drug-likeness (QED) is 0.839. The summed E-state index contributed by atoms with van der Waals surface area (Å²) in [6, 6.07) is 13.7. The van der Waals surface area contributed by atoms with Crippen LogP contribution in [0.25, 0.3) is 11.1 Å². The van der Waals surface area contributed by atoms with E-state index in [4.69, 9.17) is 4.74 Å². The highest BCUT2D eigenvalue weighted by Crippen LogP contribution is 2.19. The summed E-state index contributed by atoms with van der Waals surface area (Å²) in [6.45, 7) is 4.76. The number of morpholine rings is 1. The summed E-state index contributed by atoms with van der Waals surface area (Å²) < 4.78 is 5.36. The Labute approximate surface area is 113 Å². The van der Waals surface area contributed by atoms with Gasteiger partial charge in [-0.25, -0.2) is 0 Å². The number of pyridine rings is 1. The fourth-order valence-electron chi connectivity index (χ4n) is 2.30. The van der Waals surface area contributed by atoms with Gasteiger partial charge in [0.1, 0.15) is 0 Å². The molecule has 2 heterocycles. The third-order valence-corrected chi connectivity index (χ3v) is 3.40. The molecule has 1 aromatic heterocycles. The first-order valence-electron chi connectivity index (χ1n) is 6.62. The second kappa shape index (κ2) is 5.95. The molecule has 0 N–H and O–H groups in total. The van der Waals surface area contributed by atoms with Gasteiger partial charge in [0.05, 0.1) is 13.2 Å². The number of nitrogens with zero attached hydrogens (tertiary/aromatic N) is 2. The van der Waals surface area contributed by atoms with E-state index in [9.17, 15) is 0 Å². The van der Waals surface area contributed by atoms with Crippen molar-refractivity contribution in [3.63, 3.8) is 0 Å². The summed E-state index contributed by atoms with van der Waals surface area (Å²) in [6.07, 6.45) is 3.55. The van der Waals surface area contributed by atoms with Gasteiger partial charge in [0, 0.05) is 43.7 Å². The van der Waals surface area contributed by atoms with Crippen LogP contribution >= 0.6 is 0 Å². The second-order valence-electron chi connectivity index (χ2n) is 4.76. The number of aromatic nitrogens is 1. The van der Waals surface area contributed by atoms with Crippen molar-refractivity contribution in [1.29, 1.82) is 0 Å². The number of hydrogen-bond donors (Lipinski definition) is 0. The van der Waals surface area contributed by atoms with E-state index in [0.29, 0.717) is 0 Å². The van der Waals surface area contributed by atoms with Crippen LogP contribution in [0.3, 0.4) is 0 Å². The molecule has 97 valence electrons. The van der Waals surface area contributed by atoms with E-state index in [1.54, 1.807) is 6.20 Å². The van der Waals surface area contributed by atoms with Crippen LogP contribution in [0.4, 0.5) is 0 Å². The van der Waals surface area contributed by atoms with Gasteiger partial charge in [-0.1, -0.05) is 24.3 Å². The molecule has 0 atom stereocenters.